The molecule has 0 saturated heterocycles. The molecular formula is C20H27F3N4O2. The van der Waals surface area contributed by atoms with Gasteiger partial charge >= 0.3 is 11.9 Å². The van der Waals surface area contributed by atoms with E-state index in [2.05, 4.69) is 4.98 Å². The Morgan fingerprint density at radius 1 is 1.24 bits per heavy atom. The van der Waals surface area contributed by atoms with E-state index in [-0.39, 0.29) is 24.0 Å². The van der Waals surface area contributed by atoms with Crippen molar-refractivity contribution < 1.29 is 13.2 Å². The molecule has 0 amide bonds. The van der Waals surface area contributed by atoms with Gasteiger partial charge in [0.25, 0.3) is 5.56 Å². The lowest BCUT2D eigenvalue weighted by atomic mass is 10.1. The van der Waals surface area contributed by atoms with Gasteiger partial charge in [-0.05, 0) is 30.0 Å². The summed E-state index contributed by atoms with van der Waals surface area (Å²) in [5, 5.41) is 0. The van der Waals surface area contributed by atoms with Crippen LogP contribution in [0.2, 0.25) is 0 Å². The standard InChI is InChI=1S/C20H27F3N4O2/c1-4-5-9-26(12-14-7-6-8-15(10-14)20(21,22)23)16-17(24)27(11-13(2)3)19(29)25-18(16)28/h6-8,10,13H,4-5,9,11-12,24H2,1-3H3,(H,25,28,29). The van der Waals surface area contributed by atoms with E-state index >= 15 is 0 Å². The van der Waals surface area contributed by atoms with Crippen molar-refractivity contribution in [2.75, 3.05) is 17.2 Å². The monoisotopic (exact) mass is 412 g/mol. The maximum absolute atomic E-state index is 13.1. The lowest BCUT2D eigenvalue weighted by Crippen LogP contribution is -2.39. The number of benzene rings is 1. The second kappa shape index (κ2) is 9.19. The maximum atomic E-state index is 13.1. The van der Waals surface area contributed by atoms with Crippen molar-refractivity contribution in [2.24, 2.45) is 5.92 Å². The lowest BCUT2D eigenvalue weighted by Gasteiger charge is -2.27. The van der Waals surface area contributed by atoms with Gasteiger partial charge in [0.1, 0.15) is 11.5 Å². The number of nitrogen functional groups attached to an aromatic ring is 1. The number of halogens is 3. The van der Waals surface area contributed by atoms with E-state index in [1.165, 1.54) is 10.6 Å². The number of rotatable bonds is 8. The highest BCUT2D eigenvalue weighted by Gasteiger charge is 2.30. The van der Waals surface area contributed by atoms with Crippen LogP contribution in [0.1, 0.15) is 44.7 Å². The zero-order valence-electron chi connectivity index (χ0n) is 16.8. The molecule has 0 spiro atoms. The molecule has 0 saturated carbocycles. The van der Waals surface area contributed by atoms with Gasteiger partial charge in [-0.1, -0.05) is 39.3 Å². The van der Waals surface area contributed by atoms with Crippen molar-refractivity contribution >= 4 is 11.5 Å². The van der Waals surface area contributed by atoms with E-state index in [1.54, 1.807) is 11.0 Å². The third kappa shape index (κ3) is 5.65. The highest BCUT2D eigenvalue weighted by Crippen LogP contribution is 2.30. The minimum absolute atomic E-state index is 0.0236. The summed E-state index contributed by atoms with van der Waals surface area (Å²) in [5.74, 6) is 0.136. The van der Waals surface area contributed by atoms with E-state index in [4.69, 9.17) is 5.73 Å². The number of nitrogens with one attached hydrogen (secondary N) is 1. The largest absolute Gasteiger partial charge is 0.416 e. The molecule has 1 aromatic heterocycles. The number of H-pyrrole nitrogens is 1. The summed E-state index contributed by atoms with van der Waals surface area (Å²) in [5.41, 5.74) is 4.69. The number of alkyl halides is 3. The first-order valence-corrected chi connectivity index (χ1v) is 9.58. The Labute approximate surface area is 167 Å². The Hall–Kier alpha value is -2.71. The van der Waals surface area contributed by atoms with Crippen LogP contribution in [0.5, 0.6) is 0 Å². The van der Waals surface area contributed by atoms with Crippen molar-refractivity contribution in [3.8, 4) is 0 Å². The number of aromatic nitrogens is 2. The van der Waals surface area contributed by atoms with Crippen LogP contribution < -0.4 is 21.9 Å². The van der Waals surface area contributed by atoms with E-state index in [0.717, 1.165) is 18.6 Å². The summed E-state index contributed by atoms with van der Waals surface area (Å²) in [7, 11) is 0. The molecule has 1 heterocycles. The summed E-state index contributed by atoms with van der Waals surface area (Å²) in [6.07, 6.45) is -2.92. The fraction of sp³-hybridized carbons (Fsp3) is 0.500. The molecule has 2 aromatic rings. The Kier molecular flexibility index (Phi) is 7.16. The SMILES string of the molecule is CCCCN(Cc1cccc(C(F)(F)F)c1)c1c(N)n(CC(C)C)c(=O)[nH]c1=O. The molecule has 0 atom stereocenters. The van der Waals surface area contributed by atoms with Crippen molar-refractivity contribution in [3.05, 3.63) is 56.2 Å². The van der Waals surface area contributed by atoms with E-state index in [9.17, 15) is 22.8 Å². The molecule has 0 aliphatic carbocycles. The van der Waals surface area contributed by atoms with Gasteiger partial charge in [-0.2, -0.15) is 13.2 Å². The zero-order valence-corrected chi connectivity index (χ0v) is 16.8. The second-order valence-electron chi connectivity index (χ2n) is 7.47. The first-order chi connectivity index (χ1) is 13.5. The topological polar surface area (TPSA) is 84.1 Å². The molecule has 0 unspecified atom stereocenters. The quantitative estimate of drug-likeness (QED) is 0.694. The molecule has 9 heteroatoms. The second-order valence-corrected chi connectivity index (χ2v) is 7.47. The number of nitrogens with two attached hydrogens (primary N) is 1. The zero-order chi connectivity index (χ0) is 21.8. The highest BCUT2D eigenvalue weighted by molar-refractivity contribution is 5.62. The summed E-state index contributed by atoms with van der Waals surface area (Å²) < 4.78 is 40.5. The third-order valence-corrected chi connectivity index (χ3v) is 4.49. The first kappa shape index (κ1) is 22.6. The molecule has 2 rings (SSSR count). The lowest BCUT2D eigenvalue weighted by molar-refractivity contribution is -0.137. The van der Waals surface area contributed by atoms with Crippen molar-refractivity contribution in [1.82, 2.24) is 9.55 Å². The Morgan fingerprint density at radius 3 is 2.52 bits per heavy atom. The van der Waals surface area contributed by atoms with Gasteiger partial charge in [0.2, 0.25) is 0 Å². The Morgan fingerprint density at radius 2 is 1.93 bits per heavy atom. The van der Waals surface area contributed by atoms with Crippen LogP contribution in [0.3, 0.4) is 0 Å². The molecule has 0 radical (unpaired) electrons. The normalized spacial score (nSPS) is 11.8. The predicted molar refractivity (Wildman–Crippen MR) is 108 cm³/mol. The minimum atomic E-state index is -4.45. The van der Waals surface area contributed by atoms with E-state index < -0.39 is 23.0 Å². The molecular weight excluding hydrogens is 385 g/mol. The number of nitrogens with zero attached hydrogens (tertiary/aromatic N) is 2. The van der Waals surface area contributed by atoms with Crippen molar-refractivity contribution in [3.63, 3.8) is 0 Å². The number of anilines is 2. The van der Waals surface area contributed by atoms with Crippen LogP contribution in [-0.4, -0.2) is 16.1 Å². The van der Waals surface area contributed by atoms with E-state index in [1.807, 2.05) is 20.8 Å². The van der Waals surface area contributed by atoms with Crippen LogP contribution in [-0.2, 0) is 19.3 Å². The third-order valence-electron chi connectivity index (χ3n) is 4.49. The van der Waals surface area contributed by atoms with Gasteiger partial charge in [-0.3, -0.25) is 14.3 Å². The molecule has 1 aromatic carbocycles. The average Bonchev–Trinajstić information content (AvgIpc) is 2.62. The predicted octanol–water partition coefficient (Wildman–Crippen LogP) is 3.60. The van der Waals surface area contributed by atoms with E-state index in [0.29, 0.717) is 25.1 Å². The molecule has 29 heavy (non-hydrogen) atoms. The fourth-order valence-electron chi connectivity index (χ4n) is 3.11. The molecule has 0 fully saturated rings. The maximum Gasteiger partial charge on any atom is 0.416 e. The Balaban J connectivity index is 2.51. The van der Waals surface area contributed by atoms with Gasteiger partial charge in [0.05, 0.1) is 5.56 Å². The van der Waals surface area contributed by atoms with Gasteiger partial charge < -0.3 is 10.6 Å². The van der Waals surface area contributed by atoms with Crippen LogP contribution in [0.4, 0.5) is 24.7 Å². The Bertz CT molecular complexity index is 948. The fourth-order valence-corrected chi connectivity index (χ4v) is 3.11. The summed E-state index contributed by atoms with van der Waals surface area (Å²) in [6.45, 7) is 6.59. The number of hydrogen-bond donors (Lipinski definition) is 2. The highest BCUT2D eigenvalue weighted by atomic mass is 19.4. The molecule has 0 aliphatic heterocycles. The smallest absolute Gasteiger partial charge is 0.383 e. The average molecular weight is 412 g/mol. The van der Waals surface area contributed by atoms with Gasteiger partial charge in [0.15, 0.2) is 0 Å². The summed E-state index contributed by atoms with van der Waals surface area (Å²) in [4.78, 5) is 28.7. The van der Waals surface area contributed by atoms with Crippen molar-refractivity contribution in [1.29, 1.82) is 0 Å². The van der Waals surface area contributed by atoms with Crippen LogP contribution in [0, 0.1) is 5.92 Å². The molecule has 0 bridgehead atoms. The number of aromatic amines is 1. The first-order valence-electron chi connectivity index (χ1n) is 9.58. The molecule has 3 N–H and O–H groups in total. The summed E-state index contributed by atoms with van der Waals surface area (Å²) >= 11 is 0. The minimum Gasteiger partial charge on any atom is -0.383 e. The molecule has 6 nitrogen and oxygen atoms in total. The van der Waals surface area contributed by atoms with Crippen LogP contribution in [0.25, 0.3) is 0 Å². The number of hydrogen-bond acceptors (Lipinski definition) is 4. The molecule has 160 valence electrons. The van der Waals surface area contributed by atoms with Gasteiger partial charge in [-0.15, -0.1) is 0 Å². The van der Waals surface area contributed by atoms with Gasteiger partial charge in [0, 0.05) is 19.6 Å². The van der Waals surface area contributed by atoms with Crippen LogP contribution >= 0.6 is 0 Å². The summed E-state index contributed by atoms with van der Waals surface area (Å²) in [6, 6.07) is 4.98. The molecule has 0 aliphatic rings. The van der Waals surface area contributed by atoms with Crippen molar-refractivity contribution in [2.45, 2.75) is 52.9 Å². The van der Waals surface area contributed by atoms with Crippen LogP contribution in [0.15, 0.2) is 33.9 Å². The van der Waals surface area contributed by atoms with Gasteiger partial charge in [-0.25, -0.2) is 4.79 Å². The number of unbranched alkanes of at least 4 members (excludes halogenated alkanes) is 1.